The summed E-state index contributed by atoms with van der Waals surface area (Å²) in [6, 6.07) is 17.1. The number of aryl methyl sites for hydroxylation is 1. The third kappa shape index (κ3) is 19.7. The van der Waals surface area contributed by atoms with Gasteiger partial charge in [0.25, 0.3) is 17.4 Å². The van der Waals surface area contributed by atoms with Gasteiger partial charge >= 0.3 is 12.1 Å². The van der Waals surface area contributed by atoms with E-state index in [1.807, 2.05) is 18.2 Å². The minimum absolute atomic E-state index is 0.00825. The van der Waals surface area contributed by atoms with E-state index in [9.17, 15) is 52.7 Å². The quantitative estimate of drug-likeness (QED) is 0.0205. The van der Waals surface area contributed by atoms with Gasteiger partial charge in [0.15, 0.2) is 0 Å². The number of hydrogen-bond acceptors (Lipinski definition) is 22. The van der Waals surface area contributed by atoms with E-state index in [0.717, 1.165) is 32.7 Å². The largest absolute Gasteiger partial charge is 0.457 e. The number of fused-ring (bicyclic) bond motifs is 6. The summed E-state index contributed by atoms with van der Waals surface area (Å²) < 4.78 is 50.6. The number of carbonyl (C=O) groups is 10. The third-order valence-electron chi connectivity index (χ3n) is 17.8. The Hall–Kier alpha value is -9.80. The zero-order valence-electron chi connectivity index (χ0n) is 58.8. The molecule has 3 aromatic heterocycles. The number of esters is 1. The number of anilines is 1. The number of nitrogens with one attached hydrogen (secondary N) is 7. The molecule has 9 N–H and O–H groups in total. The topological polar surface area (TPSA) is 391 Å². The Balaban J connectivity index is 0.605. The normalized spacial score (nSPS) is 14.6. The number of nitrogens with two attached hydrogens (primary N) is 1. The van der Waals surface area contributed by atoms with Crippen LogP contribution in [0.4, 0.5) is 15.0 Å². The molecule has 6 aromatic rings. The van der Waals surface area contributed by atoms with Crippen molar-refractivity contribution in [1.82, 2.24) is 61.6 Å². The maximum atomic E-state index is 15.6. The number of nitrogen functional groups attached to an aromatic ring is 1. The molecule has 2 aliphatic heterocycles. The molecule has 33 heteroatoms. The van der Waals surface area contributed by atoms with E-state index >= 15 is 4.39 Å². The predicted molar refractivity (Wildman–Crippen MR) is 385 cm³/mol. The molecule has 3 aliphatic rings. The smallest absolute Gasteiger partial charge is 0.411 e. The first kappa shape index (κ1) is 78.3. The Morgan fingerprint density at radius 1 is 0.683 bits per heavy atom. The van der Waals surface area contributed by atoms with Crippen molar-refractivity contribution < 1.29 is 80.8 Å². The van der Waals surface area contributed by atoms with E-state index in [1.54, 1.807) is 55.6 Å². The number of halogens is 1. The molecule has 3 aromatic carbocycles. The molecule has 1 aliphatic carbocycles. The maximum Gasteiger partial charge on any atom is 0.411 e. The molecule has 9 rings (SSSR count). The summed E-state index contributed by atoms with van der Waals surface area (Å²) in [6.45, 7) is 2.62. The second-order valence-corrected chi connectivity index (χ2v) is 26.5. The van der Waals surface area contributed by atoms with E-state index in [4.69, 9.17) is 39.1 Å². The van der Waals surface area contributed by atoms with Crippen molar-refractivity contribution in [3.63, 3.8) is 0 Å². The number of pyridine rings is 3. The number of cyclic esters (lactones) is 1. The fourth-order valence-electron chi connectivity index (χ4n) is 12.2. The van der Waals surface area contributed by atoms with Gasteiger partial charge in [-0.05, 0) is 114 Å². The zero-order chi connectivity index (χ0) is 74.6. The number of thioether (sulfide) groups is 2. The van der Waals surface area contributed by atoms with Gasteiger partial charge in [-0.2, -0.15) is 23.5 Å². The van der Waals surface area contributed by atoms with E-state index in [-0.39, 0.29) is 86.5 Å². The Morgan fingerprint density at radius 3 is 1.90 bits per heavy atom. The van der Waals surface area contributed by atoms with Crippen molar-refractivity contribution in [1.29, 1.82) is 0 Å². The number of amides is 9. The highest BCUT2D eigenvalue weighted by atomic mass is 32.2. The van der Waals surface area contributed by atoms with Crippen molar-refractivity contribution in [3.05, 3.63) is 133 Å². The first-order chi connectivity index (χ1) is 50.0. The molecule has 0 bridgehead atoms. The molecule has 2 atom stereocenters. The lowest BCUT2D eigenvalue weighted by atomic mass is 9.81. The lowest BCUT2D eigenvalue weighted by Gasteiger charge is -2.36. The highest BCUT2D eigenvalue weighted by Crippen LogP contribution is 2.47. The first-order valence-electron chi connectivity index (χ1n) is 33.8. The van der Waals surface area contributed by atoms with Gasteiger partial charge < -0.3 is 85.7 Å². The Kier molecular flexibility index (Phi) is 27.9. The average Bonchev–Trinajstić information content (AvgIpc) is 1.50. The van der Waals surface area contributed by atoms with Crippen LogP contribution in [-0.4, -0.2) is 215 Å². The van der Waals surface area contributed by atoms with Crippen LogP contribution in [0.1, 0.15) is 97.6 Å². The summed E-state index contributed by atoms with van der Waals surface area (Å²) in [7, 11) is 2.79. The van der Waals surface area contributed by atoms with Gasteiger partial charge in [0.1, 0.15) is 23.9 Å². The predicted octanol–water partition coefficient (Wildman–Crippen LogP) is 2.80. The van der Waals surface area contributed by atoms with Gasteiger partial charge in [-0.15, -0.1) is 0 Å². The molecular formula is C71H86FN13O17S2. The molecule has 556 valence electrons. The van der Waals surface area contributed by atoms with Gasteiger partial charge in [0.05, 0.1) is 121 Å². The SMILES string of the molecule is CC[C@]1(OC(=O)N(C)CCN(C)C(=O)CNC(=O)CNC(=O)CNC(=O)CNC(=O)CNC(=O)CCOCCOCCOCCOCCNC(=O)c2ccc3cc(CSC)c(CSC)cc3c2)C(=O)OCc2c1cc1n(c2=O)Cc2c-1nc1cc(F)c(C)c3c1c2[C@H](NC(=O)c1cccc(N)n1)CC3. The minimum atomic E-state index is -2.12. The number of benzene rings is 3. The third-order valence-corrected chi connectivity index (χ3v) is 19.0. The zero-order valence-corrected chi connectivity index (χ0v) is 60.4. The summed E-state index contributed by atoms with van der Waals surface area (Å²) in [6.07, 6.45) is 3.77. The molecule has 0 unspecified atom stereocenters. The van der Waals surface area contributed by atoms with Crippen LogP contribution in [0.5, 0.6) is 0 Å². The Morgan fingerprint density at radius 2 is 1.28 bits per heavy atom. The number of ether oxygens (including phenoxy) is 6. The molecule has 9 amide bonds. The monoisotopic (exact) mass is 1480 g/mol. The second-order valence-electron chi connectivity index (χ2n) is 24.8. The summed E-state index contributed by atoms with van der Waals surface area (Å²) in [5, 5.41) is 20.5. The van der Waals surface area contributed by atoms with Crippen LogP contribution in [0.25, 0.3) is 33.1 Å². The van der Waals surface area contributed by atoms with Crippen molar-refractivity contribution in [2.45, 2.75) is 75.8 Å². The number of likely N-dealkylation sites (N-methyl/N-ethyl adjacent to an activating group) is 2. The van der Waals surface area contributed by atoms with Crippen molar-refractivity contribution >= 4 is 110 Å². The van der Waals surface area contributed by atoms with Crippen molar-refractivity contribution in [2.75, 3.05) is 138 Å². The summed E-state index contributed by atoms with van der Waals surface area (Å²) >= 11 is 3.56. The number of aromatic nitrogens is 3. The number of nitrogens with zero attached hydrogens (tertiary/aromatic N) is 5. The molecule has 0 radical (unpaired) electrons. The molecule has 5 heterocycles. The minimum Gasteiger partial charge on any atom is -0.457 e. The van der Waals surface area contributed by atoms with E-state index in [1.165, 1.54) is 46.8 Å². The van der Waals surface area contributed by atoms with E-state index in [2.05, 4.69) is 66.8 Å². The average molecular weight is 1480 g/mol. The fourth-order valence-corrected chi connectivity index (χ4v) is 13.3. The Bertz CT molecular complexity index is 4320. The fraction of sp³-hybridized carbons (Fsp3) is 0.451. The molecule has 0 fully saturated rings. The van der Waals surface area contributed by atoms with Crippen molar-refractivity contribution in [2.24, 2.45) is 0 Å². The van der Waals surface area contributed by atoms with Gasteiger partial charge in [-0.3, -0.25) is 43.2 Å². The molecule has 104 heavy (non-hydrogen) atoms. The highest BCUT2D eigenvalue weighted by Gasteiger charge is 2.51. The molecule has 0 saturated carbocycles. The molecule has 30 nitrogen and oxygen atoms in total. The van der Waals surface area contributed by atoms with E-state index < -0.39 is 116 Å². The second kappa shape index (κ2) is 37.1. The van der Waals surface area contributed by atoms with Gasteiger partial charge in [-0.25, -0.2) is 23.9 Å². The van der Waals surface area contributed by atoms with Crippen LogP contribution >= 0.6 is 23.5 Å². The van der Waals surface area contributed by atoms with Crippen molar-refractivity contribution in [3.8, 4) is 11.4 Å². The molecule has 0 saturated heterocycles. The number of hydrogen-bond donors (Lipinski definition) is 8. The first-order valence-corrected chi connectivity index (χ1v) is 36.6. The summed E-state index contributed by atoms with van der Waals surface area (Å²) in [5.41, 5.74) is 9.95. The van der Waals surface area contributed by atoms with Crippen LogP contribution in [0.15, 0.2) is 65.5 Å². The van der Waals surface area contributed by atoms with Crippen LogP contribution in [0, 0.1) is 12.7 Å². The molecular weight excluding hydrogens is 1390 g/mol. The van der Waals surface area contributed by atoms with Crippen LogP contribution in [0.2, 0.25) is 0 Å². The van der Waals surface area contributed by atoms with Crippen LogP contribution < -0.4 is 48.5 Å². The van der Waals surface area contributed by atoms with Gasteiger partial charge in [0.2, 0.25) is 41.0 Å². The van der Waals surface area contributed by atoms with E-state index in [0.29, 0.717) is 91.3 Å². The summed E-state index contributed by atoms with van der Waals surface area (Å²) in [4.78, 5) is 155. The maximum absolute atomic E-state index is 15.6. The van der Waals surface area contributed by atoms with Crippen LogP contribution in [0.3, 0.4) is 0 Å². The van der Waals surface area contributed by atoms with Gasteiger partial charge in [-0.1, -0.05) is 25.1 Å². The summed E-state index contributed by atoms with van der Waals surface area (Å²) in [5.74, 6) is -4.02. The molecule has 0 spiro atoms. The number of carbonyl (C=O) groups excluding carboxylic acids is 10. The van der Waals surface area contributed by atoms with Gasteiger partial charge in [0, 0.05) is 79.8 Å². The highest BCUT2D eigenvalue weighted by molar-refractivity contribution is 7.98. The lowest BCUT2D eigenvalue weighted by molar-refractivity contribution is -0.173. The number of rotatable bonds is 37. The van der Waals surface area contributed by atoms with Crippen LogP contribution in [-0.2, 0) is 98.7 Å². The Labute approximate surface area is 607 Å². The lowest BCUT2D eigenvalue weighted by Crippen LogP contribution is -2.50. The standard InChI is InChI=1S/C71H86FN13O17S2/c1-7-71(50-30-55-65-48(37-85(55)68(94)49(50)38-101-69(71)95)64-52(82-67(93)53-9-8-10-56(73)80-53)14-13-47-41(2)51(72)31-54(81-65)63(47)64)102-70(96)84(4)18-17-83(3)62(91)36-79-61(90)35-78-60(89)34-77-59(88)33-76-58(87)32-75-57(86)15-19-97-21-23-99-25-26-100-24-22-98-20-16-74-66(92)43-12-11-42-27-45(39-103-5)46(40-104-6)29-44(42)28-43/h8-12,27-31,52H,7,13-26,32-40H2,1-6H3,(H2,73,80)(H,74,92)(H,75,86)(H,76,87)(H,77,88)(H,78,89)(H,79,90)(H,82,93)/t52-,71-/m1/s1.